The minimum atomic E-state index is -0.533. The Kier molecular flexibility index (Phi) is 4.71. The lowest BCUT2D eigenvalue weighted by atomic mass is 10.2. The predicted molar refractivity (Wildman–Crippen MR) is 87.3 cm³/mol. The highest BCUT2D eigenvalue weighted by Crippen LogP contribution is 2.22. The fraction of sp³-hybridized carbons (Fsp3) is 0.312. The van der Waals surface area contributed by atoms with Crippen LogP contribution in [-0.4, -0.2) is 21.9 Å². The minimum absolute atomic E-state index is 0.0472. The number of halogens is 2. The van der Waals surface area contributed by atoms with Gasteiger partial charge in [0.25, 0.3) is 5.91 Å². The maximum atomic E-state index is 13.1. The molecule has 0 atom stereocenters. The molecule has 1 saturated carbocycles. The molecule has 1 heterocycles. The number of carbonyl (C=O) groups is 1. The number of hydrogen-bond acceptors (Lipinski definition) is 4. The summed E-state index contributed by atoms with van der Waals surface area (Å²) in [5, 5.41) is 5.91. The number of rotatable bonds is 4. The molecule has 7 heteroatoms. The van der Waals surface area contributed by atoms with Gasteiger partial charge in [-0.3, -0.25) is 4.79 Å². The standard InChI is InChI=1S/C16H16ClFN4O/c17-12-7-11(5-6-13(12)18)22-16(23)14-8-15(20-9-19-14)21-10-3-1-2-4-10/h5-10H,1-4H2,(H,22,23)(H,19,20,21). The van der Waals surface area contributed by atoms with E-state index in [4.69, 9.17) is 11.6 Å². The van der Waals surface area contributed by atoms with Crippen LogP contribution in [0.3, 0.4) is 0 Å². The normalized spacial score (nSPS) is 14.7. The van der Waals surface area contributed by atoms with Gasteiger partial charge in [0.2, 0.25) is 0 Å². The SMILES string of the molecule is O=C(Nc1ccc(F)c(Cl)c1)c1cc(NC2CCCC2)ncn1. The lowest BCUT2D eigenvalue weighted by Gasteiger charge is -2.12. The molecule has 0 spiro atoms. The van der Waals surface area contributed by atoms with Crippen LogP contribution in [-0.2, 0) is 0 Å². The number of nitrogens with one attached hydrogen (secondary N) is 2. The van der Waals surface area contributed by atoms with Gasteiger partial charge in [-0.2, -0.15) is 0 Å². The van der Waals surface area contributed by atoms with Gasteiger partial charge in [-0.1, -0.05) is 24.4 Å². The van der Waals surface area contributed by atoms with Gasteiger partial charge in [0.05, 0.1) is 5.02 Å². The van der Waals surface area contributed by atoms with Crippen LogP contribution in [0, 0.1) is 5.82 Å². The van der Waals surface area contributed by atoms with Crippen LogP contribution < -0.4 is 10.6 Å². The quantitative estimate of drug-likeness (QED) is 0.890. The number of aromatic nitrogens is 2. The third kappa shape index (κ3) is 3.96. The summed E-state index contributed by atoms with van der Waals surface area (Å²) < 4.78 is 13.1. The highest BCUT2D eigenvalue weighted by atomic mass is 35.5. The van der Waals surface area contributed by atoms with Gasteiger partial charge in [-0.15, -0.1) is 0 Å². The number of carbonyl (C=O) groups excluding carboxylic acids is 1. The van der Waals surface area contributed by atoms with E-state index in [0.717, 1.165) is 12.8 Å². The van der Waals surface area contributed by atoms with Crippen LogP contribution in [0.5, 0.6) is 0 Å². The molecule has 5 nitrogen and oxygen atoms in total. The first kappa shape index (κ1) is 15.7. The van der Waals surface area contributed by atoms with E-state index in [1.165, 1.54) is 37.4 Å². The van der Waals surface area contributed by atoms with E-state index >= 15 is 0 Å². The molecule has 120 valence electrons. The van der Waals surface area contributed by atoms with Crippen molar-refractivity contribution in [1.29, 1.82) is 0 Å². The summed E-state index contributed by atoms with van der Waals surface area (Å²) in [6, 6.07) is 6.01. The zero-order valence-electron chi connectivity index (χ0n) is 12.4. The molecular formula is C16H16ClFN4O. The van der Waals surface area contributed by atoms with Gasteiger partial charge < -0.3 is 10.6 Å². The maximum absolute atomic E-state index is 13.1. The van der Waals surface area contributed by atoms with E-state index in [2.05, 4.69) is 20.6 Å². The second-order valence-corrected chi connectivity index (χ2v) is 5.90. The Morgan fingerprint density at radius 3 is 2.74 bits per heavy atom. The van der Waals surface area contributed by atoms with Crippen molar-refractivity contribution < 1.29 is 9.18 Å². The van der Waals surface area contributed by atoms with Gasteiger partial charge in [0.1, 0.15) is 23.7 Å². The van der Waals surface area contributed by atoms with Crippen LogP contribution in [0.4, 0.5) is 15.9 Å². The molecule has 23 heavy (non-hydrogen) atoms. The van der Waals surface area contributed by atoms with E-state index in [-0.39, 0.29) is 10.7 Å². The van der Waals surface area contributed by atoms with Gasteiger partial charge in [0, 0.05) is 17.8 Å². The van der Waals surface area contributed by atoms with Crippen molar-refractivity contribution in [2.24, 2.45) is 0 Å². The fourth-order valence-electron chi connectivity index (χ4n) is 2.61. The Morgan fingerprint density at radius 2 is 2.00 bits per heavy atom. The first-order valence-electron chi connectivity index (χ1n) is 7.47. The van der Waals surface area contributed by atoms with Crippen molar-refractivity contribution in [3.8, 4) is 0 Å². The van der Waals surface area contributed by atoms with E-state index < -0.39 is 11.7 Å². The zero-order valence-corrected chi connectivity index (χ0v) is 13.1. The Labute approximate surface area is 138 Å². The molecule has 3 rings (SSSR count). The average Bonchev–Trinajstić information content (AvgIpc) is 3.04. The van der Waals surface area contributed by atoms with Crippen molar-refractivity contribution in [3.05, 3.63) is 47.1 Å². The number of nitrogens with zero attached hydrogens (tertiary/aromatic N) is 2. The Bertz CT molecular complexity index is 719. The molecule has 0 saturated heterocycles. The van der Waals surface area contributed by atoms with E-state index in [1.54, 1.807) is 6.07 Å². The van der Waals surface area contributed by atoms with Gasteiger partial charge in [-0.25, -0.2) is 14.4 Å². The second kappa shape index (κ2) is 6.91. The highest BCUT2D eigenvalue weighted by molar-refractivity contribution is 6.31. The summed E-state index contributed by atoms with van der Waals surface area (Å²) in [6.07, 6.45) is 5.99. The smallest absolute Gasteiger partial charge is 0.274 e. The Balaban J connectivity index is 1.70. The predicted octanol–water partition coefficient (Wildman–Crippen LogP) is 3.88. The average molecular weight is 335 g/mol. The molecule has 1 fully saturated rings. The third-order valence-electron chi connectivity index (χ3n) is 3.78. The highest BCUT2D eigenvalue weighted by Gasteiger charge is 2.16. The molecule has 1 aliphatic carbocycles. The molecular weight excluding hydrogens is 319 g/mol. The number of hydrogen-bond donors (Lipinski definition) is 2. The number of anilines is 2. The number of benzene rings is 1. The van der Waals surface area contributed by atoms with Crippen molar-refractivity contribution in [3.63, 3.8) is 0 Å². The topological polar surface area (TPSA) is 66.9 Å². The third-order valence-corrected chi connectivity index (χ3v) is 4.07. The van der Waals surface area contributed by atoms with Gasteiger partial charge in [0.15, 0.2) is 0 Å². The summed E-state index contributed by atoms with van der Waals surface area (Å²) in [6.45, 7) is 0. The van der Waals surface area contributed by atoms with Crippen LogP contribution in [0.1, 0.15) is 36.2 Å². The summed E-state index contributed by atoms with van der Waals surface area (Å²) in [5.74, 6) is -0.298. The fourth-order valence-corrected chi connectivity index (χ4v) is 2.79. The van der Waals surface area contributed by atoms with Crippen molar-refractivity contribution in [1.82, 2.24) is 9.97 Å². The largest absolute Gasteiger partial charge is 0.367 e. The molecule has 2 aromatic rings. The van der Waals surface area contributed by atoms with Crippen molar-refractivity contribution in [2.45, 2.75) is 31.7 Å². The summed E-state index contributed by atoms with van der Waals surface area (Å²) in [5.41, 5.74) is 0.645. The van der Waals surface area contributed by atoms with E-state index in [0.29, 0.717) is 17.5 Å². The summed E-state index contributed by atoms with van der Waals surface area (Å²) in [4.78, 5) is 20.4. The Morgan fingerprint density at radius 1 is 1.22 bits per heavy atom. The van der Waals surface area contributed by atoms with Crippen LogP contribution in [0.25, 0.3) is 0 Å². The zero-order chi connectivity index (χ0) is 16.2. The lowest BCUT2D eigenvalue weighted by molar-refractivity contribution is 0.102. The molecule has 1 amide bonds. The first-order valence-corrected chi connectivity index (χ1v) is 7.84. The maximum Gasteiger partial charge on any atom is 0.274 e. The molecule has 1 aromatic carbocycles. The number of amides is 1. The van der Waals surface area contributed by atoms with E-state index in [1.807, 2.05) is 0 Å². The molecule has 1 aliphatic rings. The van der Waals surface area contributed by atoms with E-state index in [9.17, 15) is 9.18 Å². The van der Waals surface area contributed by atoms with Gasteiger partial charge >= 0.3 is 0 Å². The molecule has 2 N–H and O–H groups in total. The minimum Gasteiger partial charge on any atom is -0.367 e. The molecule has 0 radical (unpaired) electrons. The van der Waals surface area contributed by atoms with Crippen LogP contribution in [0.15, 0.2) is 30.6 Å². The van der Waals surface area contributed by atoms with Crippen molar-refractivity contribution >= 4 is 29.0 Å². The monoisotopic (exact) mass is 334 g/mol. The second-order valence-electron chi connectivity index (χ2n) is 5.50. The lowest BCUT2D eigenvalue weighted by Crippen LogP contribution is -2.18. The van der Waals surface area contributed by atoms with Crippen LogP contribution >= 0.6 is 11.6 Å². The molecule has 0 unspecified atom stereocenters. The molecule has 1 aromatic heterocycles. The first-order chi connectivity index (χ1) is 11.1. The van der Waals surface area contributed by atoms with Crippen LogP contribution in [0.2, 0.25) is 5.02 Å². The summed E-state index contributed by atoms with van der Waals surface area (Å²) >= 11 is 5.70. The Hall–Kier alpha value is -2.21. The molecule has 0 aliphatic heterocycles. The molecule has 0 bridgehead atoms. The van der Waals surface area contributed by atoms with Crippen molar-refractivity contribution in [2.75, 3.05) is 10.6 Å². The summed E-state index contributed by atoms with van der Waals surface area (Å²) in [7, 11) is 0. The van der Waals surface area contributed by atoms with Gasteiger partial charge in [-0.05, 0) is 31.0 Å².